The maximum Gasteiger partial charge on any atom is 0.266 e. The van der Waals surface area contributed by atoms with Gasteiger partial charge in [0.25, 0.3) is 5.91 Å². The summed E-state index contributed by atoms with van der Waals surface area (Å²) in [4.78, 5) is 12.6. The molecule has 0 aliphatic carbocycles. The number of hydrogen-bond acceptors (Lipinski definition) is 4. The number of nitrogens with zero attached hydrogens (tertiary/aromatic N) is 1. The number of hydrogen-bond donors (Lipinski definition) is 1. The molecular weight excluding hydrogens is 448 g/mol. The van der Waals surface area contributed by atoms with Crippen LogP contribution < -0.4 is 14.8 Å². The predicted octanol–water partition coefficient (Wildman–Crippen LogP) is 6.65. The quantitative estimate of drug-likeness (QED) is 0.293. The van der Waals surface area contributed by atoms with Gasteiger partial charge in [0.1, 0.15) is 18.2 Å². The maximum absolute atomic E-state index is 12.6. The molecule has 0 heterocycles. The fourth-order valence-corrected chi connectivity index (χ4v) is 3.62. The van der Waals surface area contributed by atoms with Gasteiger partial charge in [-0.15, -0.1) is 0 Å². The second kappa shape index (κ2) is 11.4. The zero-order valence-corrected chi connectivity index (χ0v) is 20.5. The fraction of sp³-hybridized carbons (Fsp3) is 0.214. The van der Waals surface area contributed by atoms with E-state index < -0.39 is 5.91 Å². The van der Waals surface area contributed by atoms with Gasteiger partial charge in [0, 0.05) is 5.69 Å². The number of rotatable bonds is 8. The third-order valence-corrected chi connectivity index (χ3v) is 5.78. The van der Waals surface area contributed by atoms with Crippen LogP contribution in [0.25, 0.3) is 6.08 Å². The minimum absolute atomic E-state index is 0.0542. The molecule has 3 rings (SSSR count). The van der Waals surface area contributed by atoms with Gasteiger partial charge in [-0.3, -0.25) is 4.79 Å². The van der Waals surface area contributed by atoms with E-state index in [0.29, 0.717) is 34.4 Å². The van der Waals surface area contributed by atoms with Crippen LogP contribution in [0.5, 0.6) is 11.5 Å². The lowest BCUT2D eigenvalue weighted by molar-refractivity contribution is -0.112. The third kappa shape index (κ3) is 6.18. The number of ether oxygens (including phenoxy) is 2. The van der Waals surface area contributed by atoms with Crippen LogP contribution in [0, 0.1) is 25.2 Å². The van der Waals surface area contributed by atoms with Crippen molar-refractivity contribution in [1.29, 1.82) is 5.26 Å². The van der Waals surface area contributed by atoms with Crippen LogP contribution >= 0.6 is 11.6 Å². The monoisotopic (exact) mass is 474 g/mol. The highest BCUT2D eigenvalue weighted by Crippen LogP contribution is 2.37. The number of methoxy groups -OCH3 is 1. The Labute approximate surface area is 205 Å². The van der Waals surface area contributed by atoms with E-state index in [9.17, 15) is 10.1 Å². The van der Waals surface area contributed by atoms with Crippen LogP contribution in [0.15, 0.2) is 60.2 Å². The summed E-state index contributed by atoms with van der Waals surface area (Å²) in [6.45, 7) is 6.50. The molecule has 5 nitrogen and oxygen atoms in total. The highest BCUT2D eigenvalue weighted by atomic mass is 35.5. The molecule has 0 fully saturated rings. The molecule has 0 aliphatic heterocycles. The van der Waals surface area contributed by atoms with Crippen LogP contribution in [0.3, 0.4) is 0 Å². The molecule has 0 aliphatic rings. The zero-order chi connectivity index (χ0) is 24.7. The Balaban J connectivity index is 1.79. The topological polar surface area (TPSA) is 71.4 Å². The molecular formula is C28H27ClN2O3. The Bertz CT molecular complexity index is 1260. The smallest absolute Gasteiger partial charge is 0.266 e. The van der Waals surface area contributed by atoms with E-state index >= 15 is 0 Å². The van der Waals surface area contributed by atoms with Gasteiger partial charge < -0.3 is 14.8 Å². The number of carbonyl (C=O) groups excluding carboxylic acids is 1. The van der Waals surface area contributed by atoms with E-state index in [4.69, 9.17) is 21.1 Å². The Kier molecular flexibility index (Phi) is 8.34. The van der Waals surface area contributed by atoms with Crippen molar-refractivity contribution in [3.63, 3.8) is 0 Å². The van der Waals surface area contributed by atoms with E-state index in [1.165, 1.54) is 24.3 Å². The average Bonchev–Trinajstić information content (AvgIpc) is 2.84. The number of aryl methyl sites for hydroxylation is 3. The minimum Gasteiger partial charge on any atom is -0.493 e. The number of carbonyl (C=O) groups is 1. The second-order valence-electron chi connectivity index (χ2n) is 7.92. The minimum atomic E-state index is -0.503. The Morgan fingerprint density at radius 2 is 1.76 bits per heavy atom. The van der Waals surface area contributed by atoms with Gasteiger partial charge in [-0.05, 0) is 78.4 Å². The van der Waals surface area contributed by atoms with E-state index in [2.05, 4.69) is 32.2 Å². The van der Waals surface area contributed by atoms with Crippen molar-refractivity contribution < 1.29 is 14.3 Å². The van der Waals surface area contributed by atoms with Crippen molar-refractivity contribution in [3.8, 4) is 17.6 Å². The lowest BCUT2D eigenvalue weighted by Crippen LogP contribution is -2.13. The standard InChI is InChI=1S/C28H27ClN2O3/c1-5-20-8-10-24(11-9-20)31-28(32)23(16-30)13-22-14-25(29)27(26(15-22)33-4)34-17-21-7-6-18(2)19(3)12-21/h6-15H,5,17H2,1-4H3,(H,31,32)/b23-13+. The summed E-state index contributed by atoms with van der Waals surface area (Å²) < 4.78 is 11.4. The van der Waals surface area contributed by atoms with Gasteiger partial charge in [0.05, 0.1) is 12.1 Å². The van der Waals surface area contributed by atoms with Gasteiger partial charge in [-0.1, -0.05) is 48.9 Å². The molecule has 0 unspecified atom stereocenters. The molecule has 0 bridgehead atoms. The summed E-state index contributed by atoms with van der Waals surface area (Å²) >= 11 is 6.48. The molecule has 0 aromatic heterocycles. The molecule has 0 radical (unpaired) electrons. The van der Waals surface area contributed by atoms with Crippen molar-refractivity contribution in [2.45, 2.75) is 33.8 Å². The molecule has 0 spiro atoms. The van der Waals surface area contributed by atoms with Crippen molar-refractivity contribution in [2.75, 3.05) is 12.4 Å². The van der Waals surface area contributed by atoms with E-state index in [1.54, 1.807) is 12.1 Å². The molecule has 1 amide bonds. The first kappa shape index (κ1) is 24.9. The first-order valence-corrected chi connectivity index (χ1v) is 11.3. The molecule has 0 atom stereocenters. The Hall–Kier alpha value is -3.75. The van der Waals surface area contributed by atoms with E-state index in [0.717, 1.165) is 17.5 Å². The van der Waals surface area contributed by atoms with Crippen molar-refractivity contribution in [1.82, 2.24) is 0 Å². The molecule has 1 N–H and O–H groups in total. The van der Waals surface area contributed by atoms with Crippen LogP contribution in [0.1, 0.15) is 34.7 Å². The first-order valence-electron chi connectivity index (χ1n) is 10.9. The van der Waals surface area contributed by atoms with Crippen molar-refractivity contribution >= 4 is 29.3 Å². The lowest BCUT2D eigenvalue weighted by Gasteiger charge is -2.14. The van der Waals surface area contributed by atoms with E-state index in [-0.39, 0.29) is 5.57 Å². The molecule has 6 heteroatoms. The summed E-state index contributed by atoms with van der Waals surface area (Å²) in [5.41, 5.74) is 5.69. The molecule has 0 saturated heterocycles. The number of benzene rings is 3. The number of nitrogens with one attached hydrogen (secondary N) is 1. The highest BCUT2D eigenvalue weighted by Gasteiger charge is 2.15. The van der Waals surface area contributed by atoms with Gasteiger partial charge in [0.2, 0.25) is 0 Å². The molecule has 0 saturated carbocycles. The first-order chi connectivity index (χ1) is 16.3. The molecule has 174 valence electrons. The van der Waals surface area contributed by atoms with Crippen LogP contribution in [0.2, 0.25) is 5.02 Å². The lowest BCUT2D eigenvalue weighted by atomic mass is 10.1. The fourth-order valence-electron chi connectivity index (χ4n) is 3.35. The Morgan fingerprint density at radius 1 is 1.06 bits per heavy atom. The van der Waals surface area contributed by atoms with Gasteiger partial charge in [0.15, 0.2) is 11.5 Å². The summed E-state index contributed by atoms with van der Waals surface area (Å²) in [6, 6.07) is 18.9. The zero-order valence-electron chi connectivity index (χ0n) is 19.7. The molecule has 3 aromatic carbocycles. The van der Waals surface area contributed by atoms with Gasteiger partial charge in [-0.25, -0.2) is 0 Å². The number of amides is 1. The van der Waals surface area contributed by atoms with Gasteiger partial charge in [-0.2, -0.15) is 5.26 Å². The Morgan fingerprint density at radius 3 is 2.38 bits per heavy atom. The molecule has 34 heavy (non-hydrogen) atoms. The van der Waals surface area contributed by atoms with Crippen LogP contribution in [-0.2, 0) is 17.8 Å². The SMILES string of the molecule is CCc1ccc(NC(=O)/C(C#N)=C/c2cc(Cl)c(OCc3ccc(C)c(C)c3)c(OC)c2)cc1. The second-order valence-corrected chi connectivity index (χ2v) is 8.32. The maximum atomic E-state index is 12.6. The van der Waals surface area contributed by atoms with Crippen LogP contribution in [0.4, 0.5) is 5.69 Å². The van der Waals surface area contributed by atoms with Crippen molar-refractivity contribution in [3.05, 3.63) is 93.0 Å². The highest BCUT2D eigenvalue weighted by molar-refractivity contribution is 6.32. The van der Waals surface area contributed by atoms with E-state index in [1.807, 2.05) is 42.5 Å². The molecule has 3 aromatic rings. The summed E-state index contributed by atoms with van der Waals surface area (Å²) in [7, 11) is 1.51. The summed E-state index contributed by atoms with van der Waals surface area (Å²) in [5.74, 6) is 0.311. The number of nitriles is 1. The van der Waals surface area contributed by atoms with Crippen LogP contribution in [-0.4, -0.2) is 13.0 Å². The number of anilines is 1. The normalized spacial score (nSPS) is 11.0. The van der Waals surface area contributed by atoms with Gasteiger partial charge >= 0.3 is 0 Å². The predicted molar refractivity (Wildman–Crippen MR) is 136 cm³/mol. The van der Waals surface area contributed by atoms with Crippen molar-refractivity contribution in [2.24, 2.45) is 0 Å². The summed E-state index contributed by atoms with van der Waals surface area (Å²) in [5, 5.41) is 12.6. The summed E-state index contributed by atoms with van der Waals surface area (Å²) in [6.07, 6.45) is 2.38. The number of halogens is 1. The largest absolute Gasteiger partial charge is 0.493 e. The third-order valence-electron chi connectivity index (χ3n) is 5.50. The average molecular weight is 475 g/mol.